The smallest absolute Gasteiger partial charge is 0.213 e. The molecule has 0 unspecified atom stereocenters. The number of rotatable bonds is 3. The Labute approximate surface area is 136 Å². The first-order valence-corrected chi connectivity index (χ1v) is 7.19. The minimum atomic E-state index is -0.354. The van der Waals surface area contributed by atoms with Crippen LogP contribution in [0.25, 0.3) is 5.82 Å². The number of hydrogen-bond acceptors (Lipinski definition) is 3. The van der Waals surface area contributed by atoms with Crippen molar-refractivity contribution in [3.63, 3.8) is 0 Å². The molecule has 112 valence electrons. The number of imidazole rings is 1. The zero-order valence-electron chi connectivity index (χ0n) is 11.5. The van der Waals surface area contributed by atoms with E-state index in [0.29, 0.717) is 33.1 Å². The van der Waals surface area contributed by atoms with E-state index in [4.69, 9.17) is 23.2 Å². The third-order valence-electron chi connectivity index (χ3n) is 3.12. The Morgan fingerprint density at radius 2 is 1.91 bits per heavy atom. The molecule has 1 N–H and O–H groups in total. The number of anilines is 2. The summed E-state index contributed by atoms with van der Waals surface area (Å²) >= 11 is 12.3. The van der Waals surface area contributed by atoms with Crippen molar-refractivity contribution in [2.24, 2.45) is 0 Å². The number of aromatic nitrogens is 3. The van der Waals surface area contributed by atoms with Crippen LogP contribution >= 0.6 is 23.2 Å². The van der Waals surface area contributed by atoms with Crippen LogP contribution in [-0.4, -0.2) is 14.5 Å². The predicted molar refractivity (Wildman–Crippen MR) is 85.8 cm³/mol. The van der Waals surface area contributed by atoms with E-state index in [2.05, 4.69) is 15.3 Å². The summed E-state index contributed by atoms with van der Waals surface area (Å²) in [4.78, 5) is 8.29. The molecule has 3 aromatic rings. The van der Waals surface area contributed by atoms with Crippen molar-refractivity contribution in [3.05, 3.63) is 64.3 Å². The quantitative estimate of drug-likeness (QED) is 0.749. The van der Waals surface area contributed by atoms with Crippen molar-refractivity contribution in [2.45, 2.75) is 6.92 Å². The Bertz CT molecular complexity index is 812. The molecule has 7 heteroatoms. The molecule has 0 saturated carbocycles. The highest BCUT2D eigenvalue weighted by atomic mass is 35.5. The molecule has 0 amide bonds. The molecule has 22 heavy (non-hydrogen) atoms. The van der Waals surface area contributed by atoms with E-state index >= 15 is 0 Å². The molecule has 2 aromatic heterocycles. The van der Waals surface area contributed by atoms with E-state index in [1.807, 2.05) is 0 Å². The summed E-state index contributed by atoms with van der Waals surface area (Å²) < 4.78 is 15.0. The number of nitrogens with zero attached hydrogens (tertiary/aromatic N) is 3. The van der Waals surface area contributed by atoms with Gasteiger partial charge in [0.25, 0.3) is 0 Å². The van der Waals surface area contributed by atoms with Gasteiger partial charge in [0.2, 0.25) is 5.95 Å². The molecule has 0 radical (unpaired) electrons. The van der Waals surface area contributed by atoms with Gasteiger partial charge in [-0.1, -0.05) is 29.3 Å². The molecule has 0 atom stereocenters. The van der Waals surface area contributed by atoms with Crippen LogP contribution in [0.15, 0.2) is 42.9 Å². The summed E-state index contributed by atoms with van der Waals surface area (Å²) in [5.41, 5.74) is 1.05. The summed E-state index contributed by atoms with van der Waals surface area (Å²) in [6, 6.07) is 6.84. The van der Waals surface area contributed by atoms with Crippen molar-refractivity contribution in [2.75, 3.05) is 5.32 Å². The molecule has 0 bridgehead atoms. The Morgan fingerprint density at radius 3 is 2.59 bits per heavy atom. The number of para-hydroxylation sites is 1. The summed E-state index contributed by atoms with van der Waals surface area (Å²) in [6.45, 7) is 1.68. The predicted octanol–water partition coefficient (Wildman–Crippen LogP) is 4.77. The summed E-state index contributed by atoms with van der Waals surface area (Å²) in [7, 11) is 0. The standard InChI is InChI=1S/C15H11Cl2FN4/c1-9-7-13(20-8-12(9)18)22-6-5-19-15(22)21-14-10(16)3-2-4-11(14)17/h2-8H,1H3,(H,19,21). The first kappa shape index (κ1) is 14.8. The number of nitrogens with one attached hydrogen (secondary N) is 1. The molecular formula is C15H11Cl2FN4. The lowest BCUT2D eigenvalue weighted by atomic mass is 10.3. The normalized spacial score (nSPS) is 10.7. The van der Waals surface area contributed by atoms with Gasteiger partial charge in [0, 0.05) is 12.4 Å². The fourth-order valence-corrected chi connectivity index (χ4v) is 2.46. The van der Waals surface area contributed by atoms with E-state index in [9.17, 15) is 4.39 Å². The lowest BCUT2D eigenvalue weighted by Gasteiger charge is -2.12. The second-order valence-corrected chi connectivity index (χ2v) is 5.45. The van der Waals surface area contributed by atoms with Gasteiger partial charge in [0.1, 0.15) is 11.6 Å². The molecule has 2 heterocycles. The summed E-state index contributed by atoms with van der Waals surface area (Å²) in [6.07, 6.45) is 4.50. The van der Waals surface area contributed by atoms with Crippen LogP contribution in [0.3, 0.4) is 0 Å². The van der Waals surface area contributed by atoms with Gasteiger partial charge in [-0.25, -0.2) is 14.4 Å². The monoisotopic (exact) mass is 336 g/mol. The van der Waals surface area contributed by atoms with Gasteiger partial charge in [-0.05, 0) is 30.7 Å². The molecule has 4 nitrogen and oxygen atoms in total. The van der Waals surface area contributed by atoms with Crippen LogP contribution in [0.2, 0.25) is 10.0 Å². The van der Waals surface area contributed by atoms with Gasteiger partial charge in [-0.3, -0.25) is 4.57 Å². The minimum Gasteiger partial charge on any atom is -0.323 e. The molecule has 0 fully saturated rings. The molecule has 0 spiro atoms. The van der Waals surface area contributed by atoms with Crippen molar-refractivity contribution in [1.29, 1.82) is 0 Å². The first-order chi connectivity index (χ1) is 10.6. The van der Waals surface area contributed by atoms with Crippen molar-refractivity contribution < 1.29 is 4.39 Å². The van der Waals surface area contributed by atoms with Crippen molar-refractivity contribution in [3.8, 4) is 5.82 Å². The molecule has 0 aliphatic heterocycles. The fraction of sp³-hybridized carbons (Fsp3) is 0.0667. The van der Waals surface area contributed by atoms with Gasteiger partial charge in [0.05, 0.1) is 21.9 Å². The highest BCUT2D eigenvalue weighted by Gasteiger charge is 2.12. The third kappa shape index (κ3) is 2.77. The first-order valence-electron chi connectivity index (χ1n) is 6.43. The summed E-state index contributed by atoms with van der Waals surface area (Å²) in [5.74, 6) is 0.670. The minimum absolute atomic E-state index is 0.354. The van der Waals surface area contributed by atoms with Crippen LogP contribution < -0.4 is 5.32 Å². The number of aryl methyl sites for hydroxylation is 1. The SMILES string of the molecule is Cc1cc(-n2ccnc2Nc2c(Cl)cccc2Cl)ncc1F. The molecule has 0 aliphatic carbocycles. The lowest BCUT2D eigenvalue weighted by Crippen LogP contribution is -2.04. The van der Waals surface area contributed by atoms with E-state index in [-0.39, 0.29) is 5.82 Å². The maximum atomic E-state index is 13.4. The van der Waals surface area contributed by atoms with Crippen LogP contribution in [-0.2, 0) is 0 Å². The zero-order valence-corrected chi connectivity index (χ0v) is 13.0. The van der Waals surface area contributed by atoms with E-state index in [1.54, 1.807) is 48.1 Å². The second-order valence-electron chi connectivity index (χ2n) is 4.63. The van der Waals surface area contributed by atoms with Gasteiger partial charge >= 0.3 is 0 Å². The average Bonchev–Trinajstić information content (AvgIpc) is 2.94. The van der Waals surface area contributed by atoms with E-state index in [0.717, 1.165) is 0 Å². The number of benzene rings is 1. The highest BCUT2D eigenvalue weighted by Crippen LogP contribution is 2.32. The summed E-state index contributed by atoms with van der Waals surface area (Å²) in [5, 5.41) is 4.03. The molecule has 3 rings (SSSR count). The maximum Gasteiger partial charge on any atom is 0.213 e. The van der Waals surface area contributed by atoms with Crippen LogP contribution in [0.5, 0.6) is 0 Å². The van der Waals surface area contributed by atoms with Crippen molar-refractivity contribution in [1.82, 2.24) is 14.5 Å². The second kappa shape index (κ2) is 5.94. The van der Waals surface area contributed by atoms with Crippen molar-refractivity contribution >= 4 is 34.8 Å². The topological polar surface area (TPSA) is 42.7 Å². The average molecular weight is 337 g/mol. The van der Waals surface area contributed by atoms with Crippen LogP contribution in [0, 0.1) is 12.7 Å². The third-order valence-corrected chi connectivity index (χ3v) is 3.75. The fourth-order valence-electron chi connectivity index (χ4n) is 1.97. The maximum absolute atomic E-state index is 13.4. The van der Waals surface area contributed by atoms with Gasteiger partial charge in [-0.15, -0.1) is 0 Å². The van der Waals surface area contributed by atoms with E-state index in [1.165, 1.54) is 6.20 Å². The number of hydrogen-bond donors (Lipinski definition) is 1. The Hall–Kier alpha value is -2.11. The van der Waals surface area contributed by atoms with Gasteiger partial charge < -0.3 is 5.32 Å². The largest absolute Gasteiger partial charge is 0.323 e. The lowest BCUT2D eigenvalue weighted by molar-refractivity contribution is 0.610. The highest BCUT2D eigenvalue weighted by molar-refractivity contribution is 6.39. The molecular weight excluding hydrogens is 326 g/mol. The van der Waals surface area contributed by atoms with E-state index < -0.39 is 0 Å². The Morgan fingerprint density at radius 1 is 1.18 bits per heavy atom. The Balaban J connectivity index is 2.00. The van der Waals surface area contributed by atoms with Crippen LogP contribution in [0.4, 0.5) is 16.0 Å². The number of halogens is 3. The van der Waals surface area contributed by atoms with Crippen LogP contribution in [0.1, 0.15) is 5.56 Å². The van der Waals surface area contributed by atoms with Gasteiger partial charge in [-0.2, -0.15) is 0 Å². The number of pyridine rings is 1. The molecule has 0 aliphatic rings. The zero-order chi connectivity index (χ0) is 15.7. The van der Waals surface area contributed by atoms with Gasteiger partial charge in [0.15, 0.2) is 0 Å². The molecule has 0 saturated heterocycles. The molecule has 1 aromatic carbocycles. The Kier molecular flexibility index (Phi) is 4.00.